The molecule has 32 heavy (non-hydrogen) atoms. The third kappa shape index (κ3) is 2.57. The van der Waals surface area contributed by atoms with Crippen LogP contribution >= 0.6 is 11.3 Å². The van der Waals surface area contributed by atoms with Crippen LogP contribution in [0.2, 0.25) is 0 Å². The number of nitrogens with one attached hydrogen (secondary N) is 1. The van der Waals surface area contributed by atoms with Gasteiger partial charge in [-0.3, -0.25) is 9.97 Å². The number of fused-ring (bicyclic) bond motifs is 7. The molecule has 4 aromatic heterocycles. The molecule has 7 rings (SSSR count). The summed E-state index contributed by atoms with van der Waals surface area (Å²) >= 11 is 1.71. The van der Waals surface area contributed by atoms with Crippen molar-refractivity contribution < 1.29 is 0 Å². The van der Waals surface area contributed by atoms with Gasteiger partial charge in [-0.05, 0) is 36.4 Å². The summed E-state index contributed by atoms with van der Waals surface area (Å²) in [5.41, 5.74) is 6.83. The number of para-hydroxylation sites is 1. The average molecular weight is 430 g/mol. The molecule has 7 aromatic rings. The smallest absolute Gasteiger partial charge is 0.138 e. The van der Waals surface area contributed by atoms with Gasteiger partial charge in [0.05, 0.1) is 32.3 Å². The standard InChI is InChI=1S/C26H15N5S/c1-2-8-20-19(7-1)29-26(32-20)16-11-9-15(10-12-16)25-30-23-17-5-3-13-27-21(17)22-18(24(23)31-25)6-4-14-28-22/h1-14H,(H,30,31). The lowest BCUT2D eigenvalue weighted by molar-refractivity contribution is 1.34. The summed E-state index contributed by atoms with van der Waals surface area (Å²) in [7, 11) is 0. The molecule has 0 saturated carbocycles. The topological polar surface area (TPSA) is 67.3 Å². The van der Waals surface area contributed by atoms with E-state index in [1.807, 2.05) is 24.3 Å². The molecule has 6 heteroatoms. The van der Waals surface area contributed by atoms with Crippen LogP contribution in [-0.4, -0.2) is 24.9 Å². The maximum Gasteiger partial charge on any atom is 0.138 e. The van der Waals surface area contributed by atoms with E-state index in [-0.39, 0.29) is 0 Å². The van der Waals surface area contributed by atoms with Crippen molar-refractivity contribution in [2.45, 2.75) is 0 Å². The first-order chi connectivity index (χ1) is 15.8. The summed E-state index contributed by atoms with van der Waals surface area (Å²) in [4.78, 5) is 22.4. The summed E-state index contributed by atoms with van der Waals surface area (Å²) in [5.74, 6) is 0.831. The van der Waals surface area contributed by atoms with Crippen LogP contribution in [0.1, 0.15) is 0 Å². The van der Waals surface area contributed by atoms with Crippen LogP contribution in [0, 0.1) is 0 Å². The van der Waals surface area contributed by atoms with Crippen molar-refractivity contribution in [2.24, 2.45) is 0 Å². The molecule has 0 unspecified atom stereocenters. The molecule has 0 aliphatic rings. The van der Waals surface area contributed by atoms with Crippen molar-refractivity contribution >= 4 is 54.4 Å². The largest absolute Gasteiger partial charge is 0.337 e. The van der Waals surface area contributed by atoms with E-state index in [0.717, 1.165) is 60.3 Å². The monoisotopic (exact) mass is 429 g/mol. The molecule has 3 aromatic carbocycles. The molecule has 0 fully saturated rings. The third-order valence-corrected chi connectivity index (χ3v) is 6.85. The van der Waals surface area contributed by atoms with Crippen molar-refractivity contribution in [1.82, 2.24) is 24.9 Å². The number of aromatic amines is 1. The van der Waals surface area contributed by atoms with Gasteiger partial charge >= 0.3 is 0 Å². The number of hydrogen-bond donors (Lipinski definition) is 1. The lowest BCUT2D eigenvalue weighted by Crippen LogP contribution is -1.86. The first-order valence-corrected chi connectivity index (χ1v) is 11.1. The number of benzene rings is 3. The number of thiazole rings is 1. The van der Waals surface area contributed by atoms with E-state index in [9.17, 15) is 0 Å². The Kier molecular flexibility index (Phi) is 3.65. The number of nitrogens with zero attached hydrogens (tertiary/aromatic N) is 4. The molecule has 0 aliphatic heterocycles. The van der Waals surface area contributed by atoms with Crippen molar-refractivity contribution in [2.75, 3.05) is 0 Å². The predicted octanol–water partition coefficient (Wildman–Crippen LogP) is 6.60. The lowest BCUT2D eigenvalue weighted by Gasteiger charge is -2.03. The Morgan fingerprint density at radius 1 is 0.625 bits per heavy atom. The van der Waals surface area contributed by atoms with E-state index in [1.165, 1.54) is 4.70 Å². The van der Waals surface area contributed by atoms with E-state index in [2.05, 4.69) is 63.5 Å². The fraction of sp³-hybridized carbons (Fsp3) is 0. The van der Waals surface area contributed by atoms with Gasteiger partial charge in [0.25, 0.3) is 0 Å². The van der Waals surface area contributed by atoms with Gasteiger partial charge in [-0.25, -0.2) is 9.97 Å². The highest BCUT2D eigenvalue weighted by Crippen LogP contribution is 2.34. The number of hydrogen-bond acceptors (Lipinski definition) is 5. The van der Waals surface area contributed by atoms with Crippen LogP contribution in [0.4, 0.5) is 0 Å². The van der Waals surface area contributed by atoms with Crippen LogP contribution in [0.5, 0.6) is 0 Å². The normalized spacial score (nSPS) is 11.8. The zero-order valence-corrected chi connectivity index (χ0v) is 17.6. The molecule has 0 saturated heterocycles. The Labute approximate surface area is 186 Å². The van der Waals surface area contributed by atoms with Crippen molar-refractivity contribution in [3.8, 4) is 22.0 Å². The number of rotatable bonds is 2. The summed E-state index contributed by atoms with van der Waals surface area (Å²) in [5, 5.41) is 3.05. The quantitative estimate of drug-likeness (QED) is 0.314. The fourth-order valence-electron chi connectivity index (χ4n) is 4.25. The molecule has 0 aliphatic carbocycles. The summed E-state index contributed by atoms with van der Waals surface area (Å²) < 4.78 is 1.20. The minimum atomic E-state index is 0.831. The molecular formula is C26H15N5S. The second kappa shape index (κ2) is 6.67. The lowest BCUT2D eigenvalue weighted by atomic mass is 10.1. The average Bonchev–Trinajstić information content (AvgIpc) is 3.50. The van der Waals surface area contributed by atoms with Crippen molar-refractivity contribution in [3.05, 3.63) is 85.2 Å². The fourth-order valence-corrected chi connectivity index (χ4v) is 5.22. The number of aromatic nitrogens is 5. The highest BCUT2D eigenvalue weighted by Gasteiger charge is 2.15. The Balaban J connectivity index is 1.38. The summed E-state index contributed by atoms with van der Waals surface area (Å²) in [6, 6.07) is 24.7. The molecule has 0 bridgehead atoms. The van der Waals surface area contributed by atoms with Gasteiger partial charge in [-0.15, -0.1) is 11.3 Å². The first kappa shape index (κ1) is 17.5. The van der Waals surface area contributed by atoms with Crippen LogP contribution < -0.4 is 0 Å². The number of imidazole rings is 1. The van der Waals surface area contributed by atoms with Gasteiger partial charge in [-0.1, -0.05) is 36.4 Å². The van der Waals surface area contributed by atoms with Gasteiger partial charge < -0.3 is 4.98 Å². The van der Waals surface area contributed by atoms with Gasteiger partial charge in [0.1, 0.15) is 10.8 Å². The summed E-state index contributed by atoms with van der Waals surface area (Å²) in [6.45, 7) is 0. The second-order valence-corrected chi connectivity index (χ2v) is 8.70. The Morgan fingerprint density at radius 3 is 2.16 bits per heavy atom. The summed E-state index contributed by atoms with van der Waals surface area (Å²) in [6.07, 6.45) is 3.61. The number of H-pyrrole nitrogens is 1. The van der Waals surface area contributed by atoms with E-state index >= 15 is 0 Å². The minimum absolute atomic E-state index is 0.831. The number of pyridine rings is 2. The zero-order valence-electron chi connectivity index (χ0n) is 16.8. The SMILES string of the molecule is c1ccc2sc(-c3ccc(-c4nc5c6cccnc6c6ncccc6c5[nH]4)cc3)nc2c1. The molecule has 0 radical (unpaired) electrons. The van der Waals surface area contributed by atoms with Gasteiger partial charge in [0.2, 0.25) is 0 Å². The molecule has 5 nitrogen and oxygen atoms in total. The van der Waals surface area contributed by atoms with Gasteiger partial charge in [0.15, 0.2) is 0 Å². The van der Waals surface area contributed by atoms with E-state index < -0.39 is 0 Å². The zero-order chi connectivity index (χ0) is 21.1. The molecule has 0 amide bonds. The first-order valence-electron chi connectivity index (χ1n) is 10.3. The van der Waals surface area contributed by atoms with Crippen LogP contribution in [-0.2, 0) is 0 Å². The third-order valence-electron chi connectivity index (χ3n) is 5.77. The molecule has 0 atom stereocenters. The highest BCUT2D eigenvalue weighted by atomic mass is 32.1. The van der Waals surface area contributed by atoms with E-state index in [1.54, 1.807) is 23.7 Å². The maximum atomic E-state index is 4.96. The Hall–Kier alpha value is -4.16. The maximum absolute atomic E-state index is 4.96. The minimum Gasteiger partial charge on any atom is -0.337 e. The van der Waals surface area contributed by atoms with E-state index in [4.69, 9.17) is 9.97 Å². The van der Waals surface area contributed by atoms with Crippen LogP contribution in [0.3, 0.4) is 0 Å². The molecule has 0 spiro atoms. The van der Waals surface area contributed by atoms with Crippen LogP contribution in [0.15, 0.2) is 85.2 Å². The molecular weight excluding hydrogens is 414 g/mol. The van der Waals surface area contributed by atoms with Gasteiger partial charge in [0, 0.05) is 34.3 Å². The molecule has 4 heterocycles. The highest BCUT2D eigenvalue weighted by molar-refractivity contribution is 7.21. The van der Waals surface area contributed by atoms with Gasteiger partial charge in [-0.2, -0.15) is 0 Å². The Morgan fingerprint density at radius 2 is 1.34 bits per heavy atom. The predicted molar refractivity (Wildman–Crippen MR) is 131 cm³/mol. The van der Waals surface area contributed by atoms with Crippen LogP contribution in [0.25, 0.3) is 65.0 Å². The molecule has 1 N–H and O–H groups in total. The second-order valence-electron chi connectivity index (χ2n) is 7.67. The van der Waals surface area contributed by atoms with Crippen molar-refractivity contribution in [1.29, 1.82) is 0 Å². The molecule has 150 valence electrons. The Bertz CT molecular complexity index is 1670. The van der Waals surface area contributed by atoms with Crippen molar-refractivity contribution in [3.63, 3.8) is 0 Å². The van der Waals surface area contributed by atoms with E-state index in [0.29, 0.717) is 0 Å².